The number of sulfone groups is 1. The Bertz CT molecular complexity index is 470. The molecule has 0 saturated carbocycles. The van der Waals surface area contributed by atoms with Gasteiger partial charge in [-0.1, -0.05) is 0 Å². The smallest absolute Gasteiger partial charge is 0.332 e. The molecule has 1 aliphatic rings. The molecule has 0 aromatic rings. The molecule has 1 fully saturated rings. The molecule has 2 unspecified atom stereocenters. The number of amides is 1. The molecule has 19 heavy (non-hydrogen) atoms. The lowest BCUT2D eigenvalue weighted by atomic mass is 10.1. The zero-order valence-corrected chi connectivity index (χ0v) is 12.0. The van der Waals surface area contributed by atoms with Gasteiger partial charge in [-0.25, -0.2) is 13.2 Å². The molecule has 2 atom stereocenters. The predicted molar refractivity (Wildman–Crippen MR) is 67.5 cm³/mol. The second-order valence-electron chi connectivity index (χ2n) is 5.15. The van der Waals surface area contributed by atoms with Gasteiger partial charge in [0.15, 0.2) is 15.9 Å². The summed E-state index contributed by atoms with van der Waals surface area (Å²) in [5.41, 5.74) is 0. The zero-order valence-electron chi connectivity index (χ0n) is 11.2. The van der Waals surface area contributed by atoms with Crippen LogP contribution in [0.25, 0.3) is 0 Å². The first-order chi connectivity index (χ1) is 8.55. The van der Waals surface area contributed by atoms with Crippen molar-refractivity contribution in [2.45, 2.75) is 43.6 Å². The van der Waals surface area contributed by atoms with Gasteiger partial charge in [0.25, 0.3) is 0 Å². The van der Waals surface area contributed by atoms with Gasteiger partial charge in [-0.3, -0.25) is 4.79 Å². The lowest BCUT2D eigenvalue weighted by molar-refractivity contribution is -0.149. The number of carbonyl (C=O) groups excluding carboxylic acids is 1. The molecule has 7 nitrogen and oxygen atoms in total. The second-order valence-corrected chi connectivity index (χ2v) is 7.72. The van der Waals surface area contributed by atoms with E-state index in [0.717, 1.165) is 6.26 Å². The maximum absolute atomic E-state index is 11.8. The van der Waals surface area contributed by atoms with Crippen LogP contribution < -0.4 is 5.32 Å². The number of carbonyl (C=O) groups is 2. The van der Waals surface area contributed by atoms with Gasteiger partial charge in [0.1, 0.15) is 4.75 Å². The van der Waals surface area contributed by atoms with Crippen molar-refractivity contribution in [2.75, 3.05) is 12.8 Å². The SMILES string of the molecule is CC(C)(C(=O)NCC1CCC(C(=O)O)O1)S(C)(=O)=O. The highest BCUT2D eigenvalue weighted by Gasteiger charge is 2.39. The Balaban J connectivity index is 2.51. The second kappa shape index (κ2) is 5.46. The Labute approximate surface area is 112 Å². The van der Waals surface area contributed by atoms with Gasteiger partial charge in [-0.15, -0.1) is 0 Å². The van der Waals surface area contributed by atoms with Gasteiger partial charge in [-0.2, -0.15) is 0 Å². The van der Waals surface area contributed by atoms with Crippen LogP contribution in [0.15, 0.2) is 0 Å². The van der Waals surface area contributed by atoms with Crippen molar-refractivity contribution in [1.82, 2.24) is 5.32 Å². The van der Waals surface area contributed by atoms with Crippen LogP contribution in [0.1, 0.15) is 26.7 Å². The van der Waals surface area contributed by atoms with Crippen molar-refractivity contribution in [3.05, 3.63) is 0 Å². The van der Waals surface area contributed by atoms with E-state index in [9.17, 15) is 18.0 Å². The number of carboxylic acid groups (broad SMARTS) is 1. The first-order valence-electron chi connectivity index (χ1n) is 5.92. The highest BCUT2D eigenvalue weighted by atomic mass is 32.2. The molecule has 1 heterocycles. The van der Waals surface area contributed by atoms with Gasteiger partial charge in [-0.05, 0) is 26.7 Å². The largest absolute Gasteiger partial charge is 0.479 e. The average molecular weight is 293 g/mol. The van der Waals surface area contributed by atoms with Crippen LogP contribution in [0.3, 0.4) is 0 Å². The normalized spacial score (nSPS) is 24.2. The molecule has 1 saturated heterocycles. The number of ether oxygens (including phenoxy) is 1. The van der Waals surface area contributed by atoms with Gasteiger partial charge in [0.05, 0.1) is 6.10 Å². The van der Waals surface area contributed by atoms with E-state index < -0.39 is 32.6 Å². The van der Waals surface area contributed by atoms with Crippen LogP contribution in [-0.2, 0) is 24.2 Å². The summed E-state index contributed by atoms with van der Waals surface area (Å²) < 4.78 is 26.6. The van der Waals surface area contributed by atoms with Crippen molar-refractivity contribution in [3.63, 3.8) is 0 Å². The van der Waals surface area contributed by atoms with Gasteiger partial charge in [0.2, 0.25) is 5.91 Å². The van der Waals surface area contributed by atoms with Crippen molar-refractivity contribution < 1.29 is 27.9 Å². The Morgan fingerprint density at radius 1 is 1.37 bits per heavy atom. The van der Waals surface area contributed by atoms with Gasteiger partial charge < -0.3 is 15.2 Å². The summed E-state index contributed by atoms with van der Waals surface area (Å²) in [6, 6.07) is 0. The lowest BCUT2D eigenvalue weighted by Gasteiger charge is -2.22. The summed E-state index contributed by atoms with van der Waals surface area (Å²) in [6.45, 7) is 2.77. The van der Waals surface area contributed by atoms with E-state index in [2.05, 4.69) is 5.32 Å². The highest BCUT2D eigenvalue weighted by Crippen LogP contribution is 2.20. The standard InChI is InChI=1S/C11H19NO6S/c1-11(2,19(3,16)17)10(15)12-6-7-4-5-8(18-7)9(13)14/h7-8H,4-6H2,1-3H3,(H,12,15)(H,13,14). The van der Waals surface area contributed by atoms with Crippen LogP contribution in [-0.4, -0.2) is 55.2 Å². The van der Waals surface area contributed by atoms with Crippen LogP contribution in [0.5, 0.6) is 0 Å². The summed E-state index contributed by atoms with van der Waals surface area (Å²) >= 11 is 0. The monoisotopic (exact) mass is 293 g/mol. The van der Waals surface area contributed by atoms with Crippen molar-refractivity contribution in [1.29, 1.82) is 0 Å². The van der Waals surface area contributed by atoms with E-state index in [1.54, 1.807) is 0 Å². The van der Waals surface area contributed by atoms with Crippen LogP contribution in [0.2, 0.25) is 0 Å². The Morgan fingerprint density at radius 2 is 1.95 bits per heavy atom. The summed E-state index contributed by atoms with van der Waals surface area (Å²) in [4.78, 5) is 22.5. The van der Waals surface area contributed by atoms with E-state index in [1.165, 1.54) is 13.8 Å². The number of rotatable bonds is 5. The van der Waals surface area contributed by atoms with Crippen molar-refractivity contribution >= 4 is 21.7 Å². The molecule has 0 aromatic heterocycles. The molecule has 0 aliphatic carbocycles. The minimum atomic E-state index is -3.52. The fourth-order valence-electron chi connectivity index (χ4n) is 1.63. The van der Waals surface area contributed by atoms with E-state index in [-0.39, 0.29) is 12.6 Å². The zero-order chi connectivity index (χ0) is 14.8. The Morgan fingerprint density at radius 3 is 2.37 bits per heavy atom. The quantitative estimate of drug-likeness (QED) is 0.711. The molecular formula is C11H19NO6S. The minimum Gasteiger partial charge on any atom is -0.479 e. The molecule has 1 rings (SSSR count). The fourth-order valence-corrected chi connectivity index (χ4v) is 2.03. The van der Waals surface area contributed by atoms with Crippen LogP contribution in [0.4, 0.5) is 0 Å². The van der Waals surface area contributed by atoms with Crippen LogP contribution >= 0.6 is 0 Å². The molecular weight excluding hydrogens is 274 g/mol. The van der Waals surface area contributed by atoms with E-state index in [1.807, 2.05) is 0 Å². The molecule has 110 valence electrons. The predicted octanol–water partition coefficient (Wildman–Crippen LogP) is -0.442. The molecule has 1 amide bonds. The molecule has 0 bridgehead atoms. The molecule has 0 spiro atoms. The third kappa shape index (κ3) is 3.66. The Kier molecular flexibility index (Phi) is 4.57. The topological polar surface area (TPSA) is 110 Å². The van der Waals surface area contributed by atoms with E-state index in [4.69, 9.17) is 9.84 Å². The average Bonchev–Trinajstić information content (AvgIpc) is 2.72. The maximum atomic E-state index is 11.8. The fraction of sp³-hybridized carbons (Fsp3) is 0.818. The number of aliphatic carboxylic acids is 1. The summed E-state index contributed by atoms with van der Waals surface area (Å²) in [7, 11) is -3.52. The first-order valence-corrected chi connectivity index (χ1v) is 7.81. The van der Waals surface area contributed by atoms with Crippen LogP contribution in [0, 0.1) is 0 Å². The molecule has 2 N–H and O–H groups in total. The summed E-state index contributed by atoms with van der Waals surface area (Å²) in [5.74, 6) is -1.64. The molecule has 1 aliphatic heterocycles. The third-order valence-electron chi connectivity index (χ3n) is 3.35. The Hall–Kier alpha value is -1.15. The third-order valence-corrected chi connectivity index (χ3v) is 5.39. The van der Waals surface area contributed by atoms with Crippen molar-refractivity contribution in [2.24, 2.45) is 0 Å². The number of nitrogens with one attached hydrogen (secondary N) is 1. The lowest BCUT2D eigenvalue weighted by Crippen LogP contribution is -2.49. The number of carboxylic acids is 1. The first kappa shape index (κ1) is 15.9. The number of hydrogen-bond donors (Lipinski definition) is 2. The minimum absolute atomic E-state index is 0.113. The van der Waals surface area contributed by atoms with E-state index in [0.29, 0.717) is 12.8 Å². The van der Waals surface area contributed by atoms with Gasteiger partial charge in [0, 0.05) is 12.8 Å². The summed E-state index contributed by atoms with van der Waals surface area (Å²) in [5, 5.41) is 11.2. The highest BCUT2D eigenvalue weighted by molar-refractivity contribution is 7.92. The van der Waals surface area contributed by atoms with Gasteiger partial charge >= 0.3 is 5.97 Å². The van der Waals surface area contributed by atoms with Crippen molar-refractivity contribution in [3.8, 4) is 0 Å². The summed E-state index contributed by atoms with van der Waals surface area (Å²) in [6.07, 6.45) is 0.686. The maximum Gasteiger partial charge on any atom is 0.332 e. The molecule has 8 heteroatoms. The molecule has 0 aromatic carbocycles. The number of hydrogen-bond acceptors (Lipinski definition) is 5. The molecule has 0 radical (unpaired) electrons. The van der Waals surface area contributed by atoms with E-state index >= 15 is 0 Å².